The van der Waals surface area contributed by atoms with Crippen LogP contribution < -0.4 is 5.32 Å². The lowest BCUT2D eigenvalue weighted by Gasteiger charge is -2.27. The van der Waals surface area contributed by atoms with Crippen LogP contribution in [0.3, 0.4) is 0 Å². The number of nitrogens with one attached hydrogen (secondary N) is 1. The second-order valence-electron chi connectivity index (χ2n) is 6.24. The van der Waals surface area contributed by atoms with Gasteiger partial charge in [0.25, 0.3) is 0 Å². The summed E-state index contributed by atoms with van der Waals surface area (Å²) in [7, 11) is 0. The molecule has 1 heterocycles. The van der Waals surface area contributed by atoms with E-state index in [0.29, 0.717) is 11.0 Å². The maximum Gasteiger partial charge on any atom is 0.407 e. The second-order valence-corrected chi connectivity index (χ2v) is 9.16. The molecule has 1 aliphatic rings. The molecular formula is C15H27NO5S2. The molecule has 1 fully saturated rings. The van der Waals surface area contributed by atoms with E-state index in [1.54, 1.807) is 51.2 Å². The van der Waals surface area contributed by atoms with E-state index in [2.05, 4.69) is 5.32 Å². The lowest BCUT2D eigenvalue weighted by atomic mass is 10.1. The van der Waals surface area contributed by atoms with Crippen LogP contribution in [0.5, 0.6) is 0 Å². The third-order valence-corrected chi connectivity index (χ3v) is 6.07. The second kappa shape index (κ2) is 9.64. The summed E-state index contributed by atoms with van der Waals surface area (Å²) in [5.74, 6) is 1.65. The number of amides is 1. The zero-order valence-electron chi connectivity index (χ0n) is 14.2. The fraction of sp³-hybridized carbons (Fsp3) is 0.867. The van der Waals surface area contributed by atoms with Crippen molar-refractivity contribution in [1.82, 2.24) is 5.32 Å². The first-order chi connectivity index (χ1) is 10.7. The number of ether oxygens (including phenoxy) is 2. The van der Waals surface area contributed by atoms with Crippen LogP contribution in [-0.4, -0.2) is 57.6 Å². The fourth-order valence-electron chi connectivity index (χ4n) is 2.05. The van der Waals surface area contributed by atoms with Crippen molar-refractivity contribution in [2.75, 3.05) is 18.1 Å². The Kier molecular flexibility index (Phi) is 8.57. The first kappa shape index (κ1) is 20.4. The van der Waals surface area contributed by atoms with Crippen LogP contribution in [0.4, 0.5) is 4.79 Å². The Morgan fingerprint density at radius 1 is 1.30 bits per heavy atom. The Hall–Kier alpha value is -0.600. The largest absolute Gasteiger partial charge is 0.466 e. The van der Waals surface area contributed by atoms with E-state index in [9.17, 15) is 14.7 Å². The predicted molar refractivity (Wildman–Crippen MR) is 93.7 cm³/mol. The minimum atomic E-state index is -0.997. The van der Waals surface area contributed by atoms with Gasteiger partial charge >= 0.3 is 12.1 Å². The van der Waals surface area contributed by atoms with E-state index in [-0.39, 0.29) is 13.0 Å². The summed E-state index contributed by atoms with van der Waals surface area (Å²) in [6, 6.07) is -0.544. The molecule has 0 aromatic rings. The van der Waals surface area contributed by atoms with Gasteiger partial charge in [0.1, 0.15) is 5.60 Å². The fourth-order valence-corrected chi connectivity index (χ4v) is 5.00. The number of esters is 1. The first-order valence-electron chi connectivity index (χ1n) is 7.77. The van der Waals surface area contributed by atoms with Gasteiger partial charge in [-0.15, -0.1) is 23.5 Å². The Bertz CT molecular complexity index is 394. The lowest BCUT2D eigenvalue weighted by Crippen LogP contribution is -2.47. The normalized spacial score (nSPS) is 18.3. The molecule has 0 radical (unpaired) electrons. The number of aliphatic hydroxyl groups excluding tert-OH is 1. The number of carbonyl (C=O) groups excluding carboxylic acids is 2. The van der Waals surface area contributed by atoms with Crippen LogP contribution in [0.15, 0.2) is 0 Å². The van der Waals surface area contributed by atoms with Gasteiger partial charge in [0.15, 0.2) is 0 Å². The summed E-state index contributed by atoms with van der Waals surface area (Å²) in [6.07, 6.45) is -1.15. The molecule has 1 amide bonds. The van der Waals surface area contributed by atoms with E-state index < -0.39 is 29.8 Å². The molecule has 1 aliphatic heterocycles. The van der Waals surface area contributed by atoms with Crippen molar-refractivity contribution in [3.8, 4) is 0 Å². The van der Waals surface area contributed by atoms with Crippen molar-refractivity contribution < 1.29 is 24.2 Å². The van der Waals surface area contributed by atoms with E-state index in [0.717, 1.165) is 11.5 Å². The van der Waals surface area contributed by atoms with E-state index >= 15 is 0 Å². The van der Waals surface area contributed by atoms with Crippen LogP contribution in [0.2, 0.25) is 0 Å². The van der Waals surface area contributed by atoms with Crippen LogP contribution in [0.1, 0.15) is 40.5 Å². The van der Waals surface area contributed by atoms with Crippen molar-refractivity contribution in [3.05, 3.63) is 0 Å². The third kappa shape index (κ3) is 8.72. The minimum absolute atomic E-state index is 0.143. The zero-order chi connectivity index (χ0) is 17.5. The molecule has 23 heavy (non-hydrogen) atoms. The molecule has 0 aromatic heterocycles. The maximum absolute atomic E-state index is 12.0. The molecule has 0 aromatic carbocycles. The molecule has 2 atom stereocenters. The number of alkyl carbamates (subject to hydrolysis) is 1. The Morgan fingerprint density at radius 2 is 1.91 bits per heavy atom. The Labute approximate surface area is 146 Å². The average molecular weight is 366 g/mol. The van der Waals surface area contributed by atoms with Crippen LogP contribution >= 0.6 is 23.5 Å². The standard InChI is InChI=1S/C15H27NO5S2/c1-5-20-12(18)9-11(17)10(8-13-22-6-7-23-13)16-14(19)21-15(2,3)4/h10-11,13,17H,5-9H2,1-4H3,(H,16,19). The zero-order valence-corrected chi connectivity index (χ0v) is 15.8. The molecule has 0 aliphatic carbocycles. The van der Waals surface area contributed by atoms with Gasteiger partial charge in [-0.3, -0.25) is 4.79 Å². The summed E-state index contributed by atoms with van der Waals surface area (Å²) in [5.41, 5.74) is -0.614. The van der Waals surface area contributed by atoms with E-state index in [1.807, 2.05) is 0 Å². The molecule has 1 saturated heterocycles. The Morgan fingerprint density at radius 3 is 2.43 bits per heavy atom. The van der Waals surface area contributed by atoms with Gasteiger partial charge in [0, 0.05) is 11.5 Å². The van der Waals surface area contributed by atoms with Crippen molar-refractivity contribution in [3.63, 3.8) is 0 Å². The summed E-state index contributed by atoms with van der Waals surface area (Å²) in [4.78, 5) is 23.6. The summed E-state index contributed by atoms with van der Waals surface area (Å²) in [6.45, 7) is 7.31. The van der Waals surface area contributed by atoms with Gasteiger partial charge in [0.05, 0.1) is 29.8 Å². The van der Waals surface area contributed by atoms with Crippen LogP contribution in [-0.2, 0) is 14.3 Å². The Balaban J connectivity index is 2.63. The molecule has 6 nitrogen and oxygen atoms in total. The highest BCUT2D eigenvalue weighted by atomic mass is 32.2. The maximum atomic E-state index is 12.0. The van der Waals surface area contributed by atoms with Gasteiger partial charge in [-0.2, -0.15) is 0 Å². The smallest absolute Gasteiger partial charge is 0.407 e. The number of hydrogen-bond acceptors (Lipinski definition) is 7. The first-order valence-corrected chi connectivity index (χ1v) is 9.87. The summed E-state index contributed by atoms with van der Waals surface area (Å²) in [5, 5.41) is 13.0. The number of aliphatic hydroxyl groups is 1. The topological polar surface area (TPSA) is 84.9 Å². The van der Waals surface area contributed by atoms with Gasteiger partial charge in [-0.1, -0.05) is 0 Å². The predicted octanol–water partition coefficient (Wildman–Crippen LogP) is 2.39. The highest BCUT2D eigenvalue weighted by Crippen LogP contribution is 2.35. The molecule has 134 valence electrons. The van der Waals surface area contributed by atoms with Crippen molar-refractivity contribution >= 4 is 35.6 Å². The van der Waals surface area contributed by atoms with Gasteiger partial charge in [0.2, 0.25) is 0 Å². The highest BCUT2D eigenvalue weighted by molar-refractivity contribution is 8.20. The van der Waals surface area contributed by atoms with Crippen molar-refractivity contribution in [2.45, 2.75) is 62.9 Å². The average Bonchev–Trinajstić information content (AvgIpc) is 2.88. The van der Waals surface area contributed by atoms with E-state index in [4.69, 9.17) is 9.47 Å². The summed E-state index contributed by atoms with van der Waals surface area (Å²) >= 11 is 3.60. The van der Waals surface area contributed by atoms with Gasteiger partial charge < -0.3 is 19.9 Å². The van der Waals surface area contributed by atoms with Gasteiger partial charge in [-0.05, 0) is 34.1 Å². The molecule has 2 N–H and O–H groups in total. The van der Waals surface area contributed by atoms with E-state index in [1.165, 1.54) is 0 Å². The number of carbonyl (C=O) groups is 2. The monoisotopic (exact) mass is 365 g/mol. The molecule has 0 spiro atoms. The molecule has 0 bridgehead atoms. The SMILES string of the molecule is CCOC(=O)CC(O)C(CC1SCCS1)NC(=O)OC(C)(C)C. The minimum Gasteiger partial charge on any atom is -0.466 e. The molecule has 8 heteroatoms. The highest BCUT2D eigenvalue weighted by Gasteiger charge is 2.30. The third-order valence-electron chi connectivity index (χ3n) is 2.98. The van der Waals surface area contributed by atoms with Crippen LogP contribution in [0.25, 0.3) is 0 Å². The van der Waals surface area contributed by atoms with Crippen molar-refractivity contribution in [1.29, 1.82) is 0 Å². The quantitative estimate of drug-likeness (QED) is 0.670. The lowest BCUT2D eigenvalue weighted by molar-refractivity contribution is -0.145. The number of hydrogen-bond donors (Lipinski definition) is 2. The van der Waals surface area contributed by atoms with Crippen molar-refractivity contribution in [2.24, 2.45) is 0 Å². The molecule has 1 rings (SSSR count). The van der Waals surface area contributed by atoms with Crippen LogP contribution in [0, 0.1) is 0 Å². The number of thioether (sulfide) groups is 2. The van der Waals surface area contributed by atoms with Gasteiger partial charge in [-0.25, -0.2) is 4.79 Å². The molecule has 2 unspecified atom stereocenters. The number of rotatable bonds is 7. The summed E-state index contributed by atoms with van der Waals surface area (Å²) < 4.78 is 10.4. The molecule has 0 saturated carbocycles. The molecular weight excluding hydrogens is 338 g/mol.